The van der Waals surface area contributed by atoms with Gasteiger partial charge in [-0.2, -0.15) is 0 Å². The molecule has 0 fully saturated rings. The zero-order valence-electron chi connectivity index (χ0n) is 17.5. The van der Waals surface area contributed by atoms with Crippen molar-refractivity contribution in [3.63, 3.8) is 0 Å². The van der Waals surface area contributed by atoms with Crippen molar-refractivity contribution in [2.24, 2.45) is 0 Å². The number of ether oxygens (including phenoxy) is 3. The summed E-state index contributed by atoms with van der Waals surface area (Å²) in [6.07, 6.45) is 8.38. The van der Waals surface area contributed by atoms with Gasteiger partial charge in [0, 0.05) is 5.56 Å². The molecule has 2 aromatic carbocycles. The molecule has 0 aliphatic carbocycles. The number of rotatable bonds is 10. The van der Waals surface area contributed by atoms with Crippen molar-refractivity contribution in [1.82, 2.24) is 0 Å². The van der Waals surface area contributed by atoms with Crippen molar-refractivity contribution >= 4 is 17.6 Å². The van der Waals surface area contributed by atoms with E-state index in [1.165, 1.54) is 19.3 Å². The number of benzene rings is 2. The third-order valence-corrected chi connectivity index (χ3v) is 4.79. The van der Waals surface area contributed by atoms with Gasteiger partial charge >= 0.3 is 5.97 Å². The maximum Gasteiger partial charge on any atom is 0.348 e. The van der Waals surface area contributed by atoms with Gasteiger partial charge in [0.2, 0.25) is 6.10 Å². The van der Waals surface area contributed by atoms with Crippen molar-refractivity contribution in [2.75, 3.05) is 11.9 Å². The summed E-state index contributed by atoms with van der Waals surface area (Å²) in [5.74, 6) is -0.247. The number of hydrogen-bond donors (Lipinski definition) is 2. The monoisotopic (exact) mass is 425 g/mol. The number of aliphatic carboxylic acids is 1. The van der Waals surface area contributed by atoms with Crippen LogP contribution < -0.4 is 19.5 Å². The predicted octanol–water partition coefficient (Wildman–Crippen LogP) is 5.03. The fourth-order valence-electron chi connectivity index (χ4n) is 3.08. The summed E-state index contributed by atoms with van der Waals surface area (Å²) in [7, 11) is 0. The quantitative estimate of drug-likeness (QED) is 0.410. The number of para-hydroxylation sites is 1. The van der Waals surface area contributed by atoms with Crippen LogP contribution in [0.3, 0.4) is 0 Å². The third-order valence-electron chi connectivity index (χ3n) is 4.79. The van der Waals surface area contributed by atoms with Crippen LogP contribution >= 0.6 is 0 Å². The standard InChI is InChI=1S/C24H27NO6/c1-2-3-4-5-6-7-15-29-18-13-11-17(12-14-18)23(26)25-19-9-8-10-20-22(19)31-21(16-30-20)24(27)28/h7-15,21H,2-6,16H2,1H3,(H,25,26)(H,27,28)/b15-7+. The molecule has 7 heteroatoms. The van der Waals surface area contributed by atoms with Crippen molar-refractivity contribution < 1.29 is 28.9 Å². The van der Waals surface area contributed by atoms with Crippen LogP contribution in [0.4, 0.5) is 5.69 Å². The Bertz CT molecular complexity index is 922. The minimum absolute atomic E-state index is 0.0889. The molecule has 3 rings (SSSR count). The van der Waals surface area contributed by atoms with Crippen LogP contribution in [0.15, 0.2) is 54.8 Å². The van der Waals surface area contributed by atoms with E-state index < -0.39 is 12.1 Å². The summed E-state index contributed by atoms with van der Waals surface area (Å²) in [6.45, 7) is 2.10. The summed E-state index contributed by atoms with van der Waals surface area (Å²) >= 11 is 0. The van der Waals surface area contributed by atoms with Gasteiger partial charge in [0.15, 0.2) is 11.5 Å². The highest BCUT2D eigenvalue weighted by Crippen LogP contribution is 2.39. The topological polar surface area (TPSA) is 94.1 Å². The number of carbonyl (C=O) groups excluding carboxylic acids is 1. The van der Waals surface area contributed by atoms with Gasteiger partial charge in [-0.05, 0) is 55.3 Å². The van der Waals surface area contributed by atoms with E-state index in [9.17, 15) is 9.59 Å². The Labute approximate surface area is 181 Å². The van der Waals surface area contributed by atoms with E-state index in [2.05, 4.69) is 12.2 Å². The average molecular weight is 425 g/mol. The summed E-state index contributed by atoms with van der Waals surface area (Å²) in [5, 5.41) is 11.9. The molecular weight excluding hydrogens is 398 g/mol. The number of carboxylic acid groups (broad SMARTS) is 1. The first-order chi connectivity index (χ1) is 15.1. The van der Waals surface area contributed by atoms with Gasteiger partial charge in [-0.15, -0.1) is 0 Å². The summed E-state index contributed by atoms with van der Waals surface area (Å²) in [6, 6.07) is 11.7. The number of anilines is 1. The predicted molar refractivity (Wildman–Crippen MR) is 117 cm³/mol. The molecule has 1 amide bonds. The fraction of sp³-hybridized carbons (Fsp3) is 0.333. The molecule has 7 nitrogen and oxygen atoms in total. The largest absolute Gasteiger partial charge is 0.485 e. The van der Waals surface area contributed by atoms with E-state index >= 15 is 0 Å². The lowest BCUT2D eigenvalue weighted by molar-refractivity contribution is -0.147. The second kappa shape index (κ2) is 11.1. The second-order valence-corrected chi connectivity index (χ2v) is 7.21. The summed E-state index contributed by atoms with van der Waals surface area (Å²) in [5.41, 5.74) is 0.778. The first-order valence-corrected chi connectivity index (χ1v) is 10.5. The van der Waals surface area contributed by atoms with E-state index in [0.717, 1.165) is 12.8 Å². The van der Waals surface area contributed by atoms with Crippen molar-refractivity contribution in [1.29, 1.82) is 0 Å². The minimum atomic E-state index is -1.13. The number of fused-ring (bicyclic) bond motifs is 1. The molecule has 0 saturated carbocycles. The first-order valence-electron chi connectivity index (χ1n) is 10.5. The number of amides is 1. The van der Waals surface area contributed by atoms with Crippen LogP contribution in [0, 0.1) is 0 Å². The number of carbonyl (C=O) groups is 2. The zero-order chi connectivity index (χ0) is 22.1. The van der Waals surface area contributed by atoms with Gasteiger partial charge in [0.25, 0.3) is 5.91 Å². The lowest BCUT2D eigenvalue weighted by Crippen LogP contribution is -2.36. The zero-order valence-corrected chi connectivity index (χ0v) is 17.5. The Balaban J connectivity index is 1.57. The molecule has 164 valence electrons. The Morgan fingerprint density at radius 1 is 1.16 bits per heavy atom. The minimum Gasteiger partial charge on any atom is -0.485 e. The van der Waals surface area contributed by atoms with Crippen LogP contribution in [0.2, 0.25) is 0 Å². The number of hydrogen-bond acceptors (Lipinski definition) is 5. The molecular formula is C24H27NO6. The Kier molecular flexibility index (Phi) is 7.92. The van der Waals surface area contributed by atoms with Crippen LogP contribution in [-0.2, 0) is 4.79 Å². The number of nitrogens with one attached hydrogen (secondary N) is 1. The van der Waals surface area contributed by atoms with E-state index in [0.29, 0.717) is 22.7 Å². The number of unbranched alkanes of at least 4 members (excludes halogenated alkanes) is 4. The van der Waals surface area contributed by atoms with Gasteiger partial charge in [-0.3, -0.25) is 4.79 Å². The molecule has 0 saturated heterocycles. The molecule has 0 radical (unpaired) electrons. The number of carboxylic acids is 1. The molecule has 1 unspecified atom stereocenters. The van der Waals surface area contributed by atoms with Crippen LogP contribution in [0.25, 0.3) is 0 Å². The lowest BCUT2D eigenvalue weighted by Gasteiger charge is -2.25. The Hall–Kier alpha value is -3.48. The van der Waals surface area contributed by atoms with E-state index in [4.69, 9.17) is 19.3 Å². The molecule has 1 atom stereocenters. The van der Waals surface area contributed by atoms with E-state index in [1.807, 2.05) is 6.08 Å². The maximum absolute atomic E-state index is 12.6. The molecule has 0 spiro atoms. The molecule has 31 heavy (non-hydrogen) atoms. The van der Waals surface area contributed by atoms with Crippen LogP contribution in [0.5, 0.6) is 17.2 Å². The normalized spacial score (nSPS) is 14.9. The summed E-state index contributed by atoms with van der Waals surface area (Å²) < 4.78 is 16.5. The van der Waals surface area contributed by atoms with E-state index in [-0.39, 0.29) is 18.3 Å². The molecule has 2 N–H and O–H groups in total. The highest BCUT2D eigenvalue weighted by Gasteiger charge is 2.29. The molecule has 2 aromatic rings. The van der Waals surface area contributed by atoms with Crippen molar-refractivity contribution in [3.8, 4) is 17.2 Å². The van der Waals surface area contributed by atoms with Crippen LogP contribution in [-0.4, -0.2) is 29.7 Å². The number of allylic oxidation sites excluding steroid dienone is 1. The highest BCUT2D eigenvalue weighted by molar-refractivity contribution is 6.05. The molecule has 1 aliphatic rings. The molecule has 0 bridgehead atoms. The third kappa shape index (κ3) is 6.25. The Morgan fingerprint density at radius 3 is 2.71 bits per heavy atom. The fourth-order valence-corrected chi connectivity index (χ4v) is 3.08. The van der Waals surface area contributed by atoms with Gasteiger partial charge in [0.05, 0.1) is 11.9 Å². The van der Waals surface area contributed by atoms with Gasteiger partial charge in [-0.25, -0.2) is 4.79 Å². The highest BCUT2D eigenvalue weighted by atomic mass is 16.6. The smallest absolute Gasteiger partial charge is 0.348 e. The molecule has 1 aliphatic heterocycles. The average Bonchev–Trinajstić information content (AvgIpc) is 2.78. The van der Waals surface area contributed by atoms with Gasteiger partial charge in [-0.1, -0.05) is 32.3 Å². The van der Waals surface area contributed by atoms with Gasteiger partial charge in [0.1, 0.15) is 12.4 Å². The maximum atomic E-state index is 12.6. The van der Waals surface area contributed by atoms with Crippen LogP contribution in [0.1, 0.15) is 49.4 Å². The first kappa shape index (κ1) is 22.2. The SMILES string of the molecule is CCCCCC/C=C/Oc1ccc(C(=O)Nc2cccc3c2OC(C(=O)O)CO3)cc1. The lowest BCUT2D eigenvalue weighted by atomic mass is 10.1. The van der Waals surface area contributed by atoms with Crippen molar-refractivity contribution in [2.45, 2.75) is 45.1 Å². The van der Waals surface area contributed by atoms with Crippen molar-refractivity contribution in [3.05, 3.63) is 60.4 Å². The summed E-state index contributed by atoms with van der Waals surface area (Å²) in [4.78, 5) is 23.8. The van der Waals surface area contributed by atoms with Gasteiger partial charge < -0.3 is 24.6 Å². The second-order valence-electron chi connectivity index (χ2n) is 7.21. The van der Waals surface area contributed by atoms with E-state index in [1.54, 1.807) is 48.7 Å². The molecule has 1 heterocycles. The molecule has 0 aromatic heterocycles. The Morgan fingerprint density at radius 2 is 1.97 bits per heavy atom.